The molecular formula is C16H22N2O. The predicted octanol–water partition coefficient (Wildman–Crippen LogP) is 2.14. The van der Waals surface area contributed by atoms with Crippen molar-refractivity contribution in [1.82, 2.24) is 5.32 Å². The number of hydrogen-bond donors (Lipinski definition) is 1. The van der Waals surface area contributed by atoms with Crippen LogP contribution in [0.2, 0.25) is 0 Å². The van der Waals surface area contributed by atoms with Crippen molar-refractivity contribution >= 4 is 11.6 Å². The molecule has 3 rings (SSSR count). The molecule has 1 saturated heterocycles. The lowest BCUT2D eigenvalue weighted by atomic mass is 9.91. The zero-order chi connectivity index (χ0) is 13.2. The van der Waals surface area contributed by atoms with Gasteiger partial charge in [0.1, 0.15) is 0 Å². The topological polar surface area (TPSA) is 32.3 Å². The molecule has 1 amide bonds. The van der Waals surface area contributed by atoms with Crippen molar-refractivity contribution in [1.29, 1.82) is 0 Å². The molecule has 0 aromatic heterocycles. The Bertz CT molecular complexity index is 478. The highest BCUT2D eigenvalue weighted by molar-refractivity contribution is 6.00. The Kier molecular flexibility index (Phi) is 3.56. The van der Waals surface area contributed by atoms with Crippen molar-refractivity contribution < 1.29 is 4.79 Å². The van der Waals surface area contributed by atoms with Gasteiger partial charge in [0.2, 0.25) is 5.91 Å². The first-order valence-corrected chi connectivity index (χ1v) is 7.33. The maximum atomic E-state index is 11.7. The first-order chi connectivity index (χ1) is 9.24. The lowest BCUT2D eigenvalue weighted by molar-refractivity contribution is -0.117. The van der Waals surface area contributed by atoms with Gasteiger partial charge in [0.15, 0.2) is 0 Å². The molecule has 0 aliphatic carbocycles. The molecule has 2 aliphatic rings. The molecule has 3 nitrogen and oxygen atoms in total. The smallest absolute Gasteiger partial charge is 0.231 e. The number of nitrogens with zero attached hydrogens (tertiary/aromatic N) is 1. The highest BCUT2D eigenvalue weighted by Crippen LogP contribution is 2.29. The fraction of sp³-hybridized carbons (Fsp3) is 0.562. The van der Waals surface area contributed by atoms with E-state index in [2.05, 4.69) is 23.5 Å². The molecule has 0 unspecified atom stereocenters. The molecule has 0 spiro atoms. The third kappa shape index (κ3) is 2.66. The van der Waals surface area contributed by atoms with Crippen LogP contribution in [0.4, 0.5) is 5.69 Å². The standard InChI is InChI=1S/C16H22N2O/c1-18-15-5-4-13(10-14(15)11-16(18)19)3-2-12-6-8-17-9-7-12/h4-5,10,12,17H,2-3,6-9,11H2,1H3. The summed E-state index contributed by atoms with van der Waals surface area (Å²) in [4.78, 5) is 13.4. The van der Waals surface area contributed by atoms with E-state index < -0.39 is 0 Å². The van der Waals surface area contributed by atoms with Gasteiger partial charge in [-0.05, 0) is 61.9 Å². The van der Waals surface area contributed by atoms with Gasteiger partial charge in [-0.25, -0.2) is 0 Å². The van der Waals surface area contributed by atoms with Crippen LogP contribution in [0.15, 0.2) is 18.2 Å². The summed E-state index contributed by atoms with van der Waals surface area (Å²) in [5.41, 5.74) is 3.69. The highest BCUT2D eigenvalue weighted by atomic mass is 16.2. The molecule has 1 aromatic rings. The Hall–Kier alpha value is -1.35. The van der Waals surface area contributed by atoms with Crippen LogP contribution >= 0.6 is 0 Å². The van der Waals surface area contributed by atoms with E-state index in [1.54, 1.807) is 4.90 Å². The molecule has 102 valence electrons. The summed E-state index contributed by atoms with van der Waals surface area (Å²) in [6.07, 6.45) is 5.63. The summed E-state index contributed by atoms with van der Waals surface area (Å²) in [6.45, 7) is 2.35. The van der Waals surface area contributed by atoms with E-state index in [-0.39, 0.29) is 5.91 Å². The highest BCUT2D eigenvalue weighted by Gasteiger charge is 2.23. The number of benzene rings is 1. The van der Waals surface area contributed by atoms with Crippen molar-refractivity contribution in [2.24, 2.45) is 5.92 Å². The van der Waals surface area contributed by atoms with Crippen molar-refractivity contribution in [3.63, 3.8) is 0 Å². The number of carbonyl (C=O) groups excluding carboxylic acids is 1. The van der Waals surface area contributed by atoms with Crippen LogP contribution in [0.3, 0.4) is 0 Å². The van der Waals surface area contributed by atoms with Gasteiger partial charge >= 0.3 is 0 Å². The Morgan fingerprint density at radius 1 is 1.32 bits per heavy atom. The zero-order valence-corrected chi connectivity index (χ0v) is 11.6. The van der Waals surface area contributed by atoms with Crippen LogP contribution in [0.5, 0.6) is 0 Å². The molecule has 0 bridgehead atoms. The summed E-state index contributed by atoms with van der Waals surface area (Å²) in [5.74, 6) is 1.09. The number of hydrogen-bond acceptors (Lipinski definition) is 2. The van der Waals surface area contributed by atoms with Gasteiger partial charge in [0, 0.05) is 12.7 Å². The SMILES string of the molecule is CN1C(=O)Cc2cc(CCC3CCNCC3)ccc21. The van der Waals surface area contributed by atoms with Crippen LogP contribution in [0.1, 0.15) is 30.4 Å². The molecule has 1 N–H and O–H groups in total. The molecule has 2 aliphatic heterocycles. The maximum Gasteiger partial charge on any atom is 0.231 e. The average Bonchev–Trinajstić information content (AvgIpc) is 2.73. The van der Waals surface area contributed by atoms with E-state index in [4.69, 9.17) is 0 Å². The molecule has 0 saturated carbocycles. The van der Waals surface area contributed by atoms with E-state index in [0.29, 0.717) is 6.42 Å². The molecule has 0 atom stereocenters. The molecule has 1 aromatic carbocycles. The molecular weight excluding hydrogens is 236 g/mol. The van der Waals surface area contributed by atoms with Gasteiger partial charge < -0.3 is 10.2 Å². The fourth-order valence-electron chi connectivity index (χ4n) is 3.22. The molecule has 19 heavy (non-hydrogen) atoms. The van der Waals surface area contributed by atoms with Crippen LogP contribution in [0.25, 0.3) is 0 Å². The lowest BCUT2D eigenvalue weighted by Crippen LogP contribution is -2.27. The van der Waals surface area contributed by atoms with E-state index in [0.717, 1.165) is 18.0 Å². The second kappa shape index (κ2) is 5.33. The second-order valence-corrected chi connectivity index (χ2v) is 5.82. The number of nitrogens with one attached hydrogen (secondary N) is 1. The van der Waals surface area contributed by atoms with Crippen LogP contribution in [-0.2, 0) is 17.6 Å². The largest absolute Gasteiger partial charge is 0.317 e. The summed E-state index contributed by atoms with van der Waals surface area (Å²) >= 11 is 0. The fourth-order valence-corrected chi connectivity index (χ4v) is 3.22. The number of piperidine rings is 1. The number of rotatable bonds is 3. The first kappa shape index (κ1) is 12.7. The molecule has 2 heterocycles. The third-order valence-corrected chi connectivity index (χ3v) is 4.52. The van der Waals surface area contributed by atoms with E-state index >= 15 is 0 Å². The normalized spacial score (nSPS) is 19.8. The monoisotopic (exact) mass is 258 g/mol. The van der Waals surface area contributed by atoms with Crippen LogP contribution in [-0.4, -0.2) is 26.0 Å². The number of fused-ring (bicyclic) bond motifs is 1. The summed E-state index contributed by atoms with van der Waals surface area (Å²) in [5, 5.41) is 3.41. The first-order valence-electron chi connectivity index (χ1n) is 7.33. The number of amides is 1. The van der Waals surface area contributed by atoms with E-state index in [9.17, 15) is 4.79 Å². The van der Waals surface area contributed by atoms with Gasteiger partial charge in [-0.15, -0.1) is 0 Å². The number of aryl methyl sites for hydroxylation is 1. The summed E-state index contributed by atoms with van der Waals surface area (Å²) < 4.78 is 0. The Morgan fingerprint density at radius 2 is 2.11 bits per heavy atom. The molecule has 0 radical (unpaired) electrons. The van der Waals surface area contributed by atoms with Gasteiger partial charge in [-0.2, -0.15) is 0 Å². The van der Waals surface area contributed by atoms with Gasteiger partial charge in [-0.1, -0.05) is 12.1 Å². The quantitative estimate of drug-likeness (QED) is 0.901. The summed E-state index contributed by atoms with van der Waals surface area (Å²) in [7, 11) is 1.86. The van der Waals surface area contributed by atoms with E-state index in [1.165, 1.54) is 43.5 Å². The Labute approximate surface area is 115 Å². The van der Waals surface area contributed by atoms with E-state index in [1.807, 2.05) is 7.05 Å². The van der Waals surface area contributed by atoms with Crippen molar-refractivity contribution in [3.05, 3.63) is 29.3 Å². The van der Waals surface area contributed by atoms with Crippen LogP contribution in [0, 0.1) is 5.92 Å². The number of anilines is 1. The zero-order valence-electron chi connectivity index (χ0n) is 11.6. The molecule has 1 fully saturated rings. The van der Waals surface area contributed by atoms with Gasteiger partial charge in [0.25, 0.3) is 0 Å². The minimum Gasteiger partial charge on any atom is -0.317 e. The van der Waals surface area contributed by atoms with Crippen molar-refractivity contribution in [2.75, 3.05) is 25.0 Å². The second-order valence-electron chi connectivity index (χ2n) is 5.82. The number of carbonyl (C=O) groups is 1. The lowest BCUT2D eigenvalue weighted by Gasteiger charge is -2.22. The minimum absolute atomic E-state index is 0.213. The number of likely N-dealkylation sites (N-methyl/N-ethyl adjacent to an activating group) is 1. The summed E-state index contributed by atoms with van der Waals surface area (Å²) in [6, 6.07) is 6.53. The third-order valence-electron chi connectivity index (χ3n) is 4.52. The van der Waals surface area contributed by atoms with Gasteiger partial charge in [-0.3, -0.25) is 4.79 Å². The van der Waals surface area contributed by atoms with Crippen LogP contribution < -0.4 is 10.2 Å². The minimum atomic E-state index is 0.213. The predicted molar refractivity (Wildman–Crippen MR) is 77.5 cm³/mol. The average molecular weight is 258 g/mol. The van der Waals surface area contributed by atoms with Crippen molar-refractivity contribution in [3.8, 4) is 0 Å². The van der Waals surface area contributed by atoms with Crippen molar-refractivity contribution in [2.45, 2.75) is 32.1 Å². The molecule has 3 heteroatoms. The maximum absolute atomic E-state index is 11.7. The van der Waals surface area contributed by atoms with Gasteiger partial charge in [0.05, 0.1) is 6.42 Å². The Balaban J connectivity index is 1.63. The Morgan fingerprint density at radius 3 is 2.89 bits per heavy atom.